The number of sulfonamides is 1. The summed E-state index contributed by atoms with van der Waals surface area (Å²) in [7, 11) is -3.75. The van der Waals surface area contributed by atoms with Crippen molar-refractivity contribution < 1.29 is 22.7 Å². The summed E-state index contributed by atoms with van der Waals surface area (Å²) in [4.78, 5) is 11.0. The second kappa shape index (κ2) is 5.34. The Bertz CT molecular complexity index is 768. The lowest BCUT2D eigenvalue weighted by molar-refractivity contribution is 0.0695. The Balaban J connectivity index is 2.20. The topological polar surface area (TPSA) is 125 Å². The van der Waals surface area contributed by atoms with Gasteiger partial charge in [0.15, 0.2) is 0 Å². The lowest BCUT2D eigenvalue weighted by atomic mass is 10.2. The number of H-pyrrole nitrogens is 1. The van der Waals surface area contributed by atoms with Crippen molar-refractivity contribution in [3.63, 3.8) is 0 Å². The number of aromatic nitrogens is 2. The zero-order valence-electron chi connectivity index (χ0n) is 11.7. The zero-order valence-corrected chi connectivity index (χ0v) is 12.5. The van der Waals surface area contributed by atoms with Gasteiger partial charge in [0.1, 0.15) is 22.0 Å². The molecule has 0 atom stereocenters. The van der Waals surface area contributed by atoms with Crippen LogP contribution in [0.5, 0.6) is 0 Å². The van der Waals surface area contributed by atoms with Gasteiger partial charge in [-0.05, 0) is 26.8 Å². The van der Waals surface area contributed by atoms with Gasteiger partial charge in [0.2, 0.25) is 10.0 Å². The van der Waals surface area contributed by atoms with E-state index in [-0.39, 0.29) is 28.5 Å². The van der Waals surface area contributed by atoms with Crippen molar-refractivity contribution >= 4 is 16.0 Å². The molecule has 0 aromatic carbocycles. The molecule has 0 fully saturated rings. The molecule has 0 spiro atoms. The van der Waals surface area contributed by atoms with Gasteiger partial charge in [0.25, 0.3) is 0 Å². The van der Waals surface area contributed by atoms with E-state index in [1.54, 1.807) is 13.8 Å². The molecule has 0 unspecified atom stereocenters. The third kappa shape index (κ3) is 2.98. The van der Waals surface area contributed by atoms with Gasteiger partial charge in [-0.15, -0.1) is 0 Å². The van der Waals surface area contributed by atoms with E-state index in [4.69, 9.17) is 9.52 Å². The number of nitrogens with one attached hydrogen (secondary N) is 2. The summed E-state index contributed by atoms with van der Waals surface area (Å²) in [6.07, 6.45) is 0. The van der Waals surface area contributed by atoms with Crippen LogP contribution < -0.4 is 4.72 Å². The Labute approximate surface area is 121 Å². The Morgan fingerprint density at radius 1 is 1.43 bits per heavy atom. The Morgan fingerprint density at radius 3 is 2.57 bits per heavy atom. The molecule has 0 bridgehead atoms. The average molecular weight is 313 g/mol. The molecule has 8 nitrogen and oxygen atoms in total. The van der Waals surface area contributed by atoms with Crippen LogP contribution in [0.3, 0.4) is 0 Å². The number of furan rings is 1. The largest absolute Gasteiger partial charge is 0.478 e. The number of nitrogens with zero attached hydrogens (tertiary/aromatic N) is 1. The van der Waals surface area contributed by atoms with Crippen LogP contribution in [-0.4, -0.2) is 29.7 Å². The van der Waals surface area contributed by atoms with Crippen LogP contribution in [0, 0.1) is 20.8 Å². The molecule has 21 heavy (non-hydrogen) atoms. The second-order valence-corrected chi connectivity index (χ2v) is 6.28. The van der Waals surface area contributed by atoms with Gasteiger partial charge in [0.05, 0.1) is 17.9 Å². The molecule has 0 aliphatic heterocycles. The van der Waals surface area contributed by atoms with Crippen molar-refractivity contribution in [2.24, 2.45) is 0 Å². The molecule has 0 aliphatic carbocycles. The first-order valence-corrected chi connectivity index (χ1v) is 7.54. The minimum atomic E-state index is -3.75. The van der Waals surface area contributed by atoms with E-state index in [1.807, 2.05) is 0 Å². The maximum absolute atomic E-state index is 12.2. The molecule has 114 valence electrons. The van der Waals surface area contributed by atoms with Crippen LogP contribution in [0.15, 0.2) is 15.4 Å². The van der Waals surface area contributed by atoms with Crippen LogP contribution in [-0.2, 0) is 16.6 Å². The quantitative estimate of drug-likeness (QED) is 0.759. The fraction of sp³-hybridized carbons (Fsp3) is 0.333. The number of carboxylic acids is 1. The zero-order chi connectivity index (χ0) is 15.8. The second-order valence-electron chi connectivity index (χ2n) is 4.58. The summed E-state index contributed by atoms with van der Waals surface area (Å²) in [5.41, 5.74) is 0.809. The van der Waals surface area contributed by atoms with E-state index < -0.39 is 16.0 Å². The van der Waals surface area contributed by atoms with Gasteiger partial charge in [-0.1, -0.05) is 0 Å². The van der Waals surface area contributed by atoms with E-state index >= 15 is 0 Å². The summed E-state index contributed by atoms with van der Waals surface area (Å²) >= 11 is 0. The first-order chi connectivity index (χ1) is 9.72. The summed E-state index contributed by atoms with van der Waals surface area (Å²) < 4.78 is 32.0. The Morgan fingerprint density at radius 2 is 2.10 bits per heavy atom. The van der Waals surface area contributed by atoms with Gasteiger partial charge < -0.3 is 9.52 Å². The molecule has 2 rings (SSSR count). The van der Waals surface area contributed by atoms with Crippen LogP contribution in [0.1, 0.15) is 33.3 Å². The first kappa shape index (κ1) is 15.3. The molecule has 2 aromatic heterocycles. The number of aromatic carboxylic acids is 1. The number of hydrogen-bond acceptors (Lipinski definition) is 5. The van der Waals surface area contributed by atoms with Gasteiger partial charge in [-0.2, -0.15) is 5.10 Å². The Kier molecular flexibility index (Phi) is 3.88. The number of aryl methyl sites for hydroxylation is 3. The van der Waals surface area contributed by atoms with Gasteiger partial charge >= 0.3 is 5.97 Å². The molecule has 0 saturated carbocycles. The normalized spacial score (nSPS) is 11.8. The molecule has 3 N–H and O–H groups in total. The highest BCUT2D eigenvalue weighted by atomic mass is 32.2. The summed E-state index contributed by atoms with van der Waals surface area (Å²) in [6.45, 7) is 4.55. The predicted octanol–water partition coefficient (Wildman–Crippen LogP) is 1.10. The maximum Gasteiger partial charge on any atom is 0.339 e. The fourth-order valence-electron chi connectivity index (χ4n) is 2.02. The molecule has 0 radical (unpaired) electrons. The lowest BCUT2D eigenvalue weighted by Gasteiger charge is -2.05. The number of carbonyl (C=O) groups is 1. The van der Waals surface area contributed by atoms with E-state index in [1.165, 1.54) is 13.0 Å². The van der Waals surface area contributed by atoms with Gasteiger partial charge in [0, 0.05) is 0 Å². The summed E-state index contributed by atoms with van der Waals surface area (Å²) in [5.74, 6) is -0.661. The molecule has 0 amide bonds. The molecular weight excluding hydrogens is 298 g/mol. The average Bonchev–Trinajstić information content (AvgIpc) is 2.91. The van der Waals surface area contributed by atoms with E-state index in [2.05, 4.69) is 14.9 Å². The van der Waals surface area contributed by atoms with Crippen LogP contribution in [0.4, 0.5) is 0 Å². The molecule has 2 aromatic rings. The molecule has 0 saturated heterocycles. The number of hydrogen-bond donors (Lipinski definition) is 3. The number of rotatable bonds is 5. The van der Waals surface area contributed by atoms with E-state index in [9.17, 15) is 13.2 Å². The van der Waals surface area contributed by atoms with E-state index in [0.717, 1.165) is 0 Å². The van der Waals surface area contributed by atoms with Crippen LogP contribution in [0.25, 0.3) is 0 Å². The van der Waals surface area contributed by atoms with Crippen molar-refractivity contribution in [3.05, 3.63) is 34.5 Å². The maximum atomic E-state index is 12.2. The third-order valence-electron chi connectivity index (χ3n) is 2.96. The van der Waals surface area contributed by atoms with Crippen molar-refractivity contribution in [2.45, 2.75) is 32.2 Å². The monoisotopic (exact) mass is 313 g/mol. The van der Waals surface area contributed by atoms with Crippen LogP contribution in [0.2, 0.25) is 0 Å². The minimum Gasteiger partial charge on any atom is -0.478 e. The number of carboxylic acid groups (broad SMARTS) is 1. The molecule has 9 heteroatoms. The standard InChI is InChI=1S/C12H15N3O5S/c1-6-11(7(2)15-14-6)21(18,19)13-5-9-4-10(12(16)17)8(3)20-9/h4,13H,5H2,1-3H3,(H,14,15)(H,16,17). The molecule has 2 heterocycles. The highest BCUT2D eigenvalue weighted by Gasteiger charge is 2.23. The fourth-order valence-corrected chi connectivity index (χ4v) is 3.38. The van der Waals surface area contributed by atoms with Crippen molar-refractivity contribution in [1.82, 2.24) is 14.9 Å². The highest BCUT2D eigenvalue weighted by Crippen LogP contribution is 2.18. The number of aromatic amines is 1. The smallest absolute Gasteiger partial charge is 0.339 e. The summed E-state index contributed by atoms with van der Waals surface area (Å²) in [6, 6.07) is 1.30. The minimum absolute atomic E-state index is 0.0138. The van der Waals surface area contributed by atoms with Crippen molar-refractivity contribution in [3.8, 4) is 0 Å². The van der Waals surface area contributed by atoms with Gasteiger partial charge in [-0.25, -0.2) is 17.9 Å². The van der Waals surface area contributed by atoms with E-state index in [0.29, 0.717) is 11.4 Å². The molecule has 0 aliphatic rings. The van der Waals surface area contributed by atoms with Crippen LogP contribution >= 0.6 is 0 Å². The van der Waals surface area contributed by atoms with Crippen molar-refractivity contribution in [2.75, 3.05) is 0 Å². The predicted molar refractivity (Wildman–Crippen MR) is 72.5 cm³/mol. The molecular formula is C12H15N3O5S. The summed E-state index contributed by atoms with van der Waals surface area (Å²) in [5, 5.41) is 15.4. The Hall–Kier alpha value is -2.13. The highest BCUT2D eigenvalue weighted by molar-refractivity contribution is 7.89. The third-order valence-corrected chi connectivity index (χ3v) is 4.63. The lowest BCUT2D eigenvalue weighted by Crippen LogP contribution is -2.24. The van der Waals surface area contributed by atoms with Gasteiger partial charge in [-0.3, -0.25) is 5.10 Å². The van der Waals surface area contributed by atoms with Crippen molar-refractivity contribution in [1.29, 1.82) is 0 Å². The first-order valence-electron chi connectivity index (χ1n) is 6.06. The SMILES string of the molecule is Cc1n[nH]c(C)c1S(=O)(=O)NCc1cc(C(=O)O)c(C)o1.